The first-order valence-electron chi connectivity index (χ1n) is 10.6. The fourth-order valence-electron chi connectivity index (χ4n) is 3.40. The van der Waals surface area contributed by atoms with Gasteiger partial charge in [0.1, 0.15) is 5.75 Å². The van der Waals surface area contributed by atoms with E-state index in [9.17, 15) is 4.79 Å². The molecule has 1 heterocycles. The zero-order chi connectivity index (χ0) is 23.3. The monoisotopic (exact) mass is 472 g/mol. The topological polar surface area (TPSA) is 69.0 Å². The number of hydrogen-bond donors (Lipinski definition) is 1. The molecule has 1 aromatic heterocycles. The predicted molar refractivity (Wildman–Crippen MR) is 131 cm³/mol. The molecule has 1 atom stereocenters. The average molecular weight is 473 g/mol. The largest absolute Gasteiger partial charge is 0.481 e. The molecule has 3 rings (SSSR count). The van der Waals surface area contributed by atoms with Gasteiger partial charge in [0.15, 0.2) is 17.1 Å². The molecule has 0 aliphatic heterocycles. The normalized spacial score (nSPS) is 12.1. The molecule has 170 valence electrons. The molecule has 0 aliphatic carbocycles. The van der Waals surface area contributed by atoms with Crippen LogP contribution in [0, 0.1) is 19.8 Å². The summed E-state index contributed by atoms with van der Waals surface area (Å²) in [5.74, 6) is 1.84. The second-order valence-corrected chi connectivity index (χ2v) is 9.60. The second kappa shape index (κ2) is 10.9. The summed E-state index contributed by atoms with van der Waals surface area (Å²) in [6, 6.07) is 13.4. The van der Waals surface area contributed by atoms with Crippen molar-refractivity contribution in [3.05, 3.63) is 64.4 Å². The number of rotatable bonds is 9. The molecule has 0 fully saturated rings. The molecule has 0 spiro atoms. The first-order chi connectivity index (χ1) is 15.2. The van der Waals surface area contributed by atoms with Crippen molar-refractivity contribution >= 4 is 35.0 Å². The maximum absolute atomic E-state index is 12.5. The summed E-state index contributed by atoms with van der Waals surface area (Å²) in [7, 11) is 0. The number of hydrogen-bond acceptors (Lipinski definition) is 5. The van der Waals surface area contributed by atoms with Crippen LogP contribution in [0.4, 0.5) is 5.69 Å². The smallest absolute Gasteiger partial charge is 0.234 e. The van der Waals surface area contributed by atoms with Gasteiger partial charge in [-0.3, -0.25) is 4.79 Å². The van der Waals surface area contributed by atoms with E-state index in [1.54, 1.807) is 6.07 Å². The molecule has 32 heavy (non-hydrogen) atoms. The number of aryl methyl sites for hydroxylation is 2. The Kier molecular flexibility index (Phi) is 8.21. The minimum Gasteiger partial charge on any atom is -0.481 e. The van der Waals surface area contributed by atoms with Crippen LogP contribution >= 0.6 is 23.4 Å². The van der Waals surface area contributed by atoms with Gasteiger partial charge in [0.2, 0.25) is 5.91 Å². The number of nitrogens with zero attached hydrogens (tertiary/aromatic N) is 3. The Balaban J connectivity index is 1.71. The summed E-state index contributed by atoms with van der Waals surface area (Å²) in [5.41, 5.74) is 3.03. The van der Waals surface area contributed by atoms with Gasteiger partial charge in [-0.25, -0.2) is 0 Å². The Bertz CT molecular complexity index is 1060. The molecule has 0 radical (unpaired) electrons. The minimum atomic E-state index is -0.348. The molecule has 1 N–H and O–H groups in total. The van der Waals surface area contributed by atoms with E-state index in [4.69, 9.17) is 16.3 Å². The van der Waals surface area contributed by atoms with E-state index in [1.165, 1.54) is 11.8 Å². The van der Waals surface area contributed by atoms with Crippen molar-refractivity contribution in [2.75, 3.05) is 11.1 Å². The Morgan fingerprint density at radius 3 is 2.47 bits per heavy atom. The highest BCUT2D eigenvalue weighted by Gasteiger charge is 2.21. The van der Waals surface area contributed by atoms with Crippen LogP contribution < -0.4 is 10.1 Å². The lowest BCUT2D eigenvalue weighted by Crippen LogP contribution is -2.17. The van der Waals surface area contributed by atoms with Gasteiger partial charge in [-0.1, -0.05) is 55.4 Å². The van der Waals surface area contributed by atoms with Gasteiger partial charge in [0.05, 0.1) is 10.8 Å². The summed E-state index contributed by atoms with van der Waals surface area (Å²) in [6.07, 6.45) is -0.348. The van der Waals surface area contributed by atoms with Crippen LogP contribution in [0.25, 0.3) is 0 Å². The number of thioether (sulfide) groups is 1. The molecule has 2 aromatic carbocycles. The summed E-state index contributed by atoms with van der Waals surface area (Å²) < 4.78 is 8.08. The highest BCUT2D eigenvalue weighted by molar-refractivity contribution is 7.99. The SMILES string of the molecule is Cc1cc(C)cc(NC(=O)CSc2nnc(C(C)Oc3ccccc3Cl)n2CC(C)C)c1. The van der Waals surface area contributed by atoms with E-state index in [-0.39, 0.29) is 17.8 Å². The van der Waals surface area contributed by atoms with Crippen molar-refractivity contribution < 1.29 is 9.53 Å². The third kappa shape index (κ3) is 6.50. The van der Waals surface area contributed by atoms with Crippen molar-refractivity contribution in [1.29, 1.82) is 0 Å². The number of halogens is 1. The second-order valence-electron chi connectivity index (χ2n) is 8.25. The third-order valence-electron chi connectivity index (χ3n) is 4.63. The number of carbonyl (C=O) groups excluding carboxylic acids is 1. The lowest BCUT2D eigenvalue weighted by molar-refractivity contribution is -0.113. The molecule has 0 aliphatic rings. The maximum atomic E-state index is 12.5. The number of ether oxygens (including phenoxy) is 1. The van der Waals surface area contributed by atoms with E-state index in [1.807, 2.05) is 55.7 Å². The third-order valence-corrected chi connectivity index (χ3v) is 5.91. The lowest BCUT2D eigenvalue weighted by atomic mass is 10.1. The molecule has 1 amide bonds. The average Bonchev–Trinajstić information content (AvgIpc) is 3.09. The van der Waals surface area contributed by atoms with Gasteiger partial charge in [-0.05, 0) is 62.1 Å². The van der Waals surface area contributed by atoms with Crippen LogP contribution in [0.2, 0.25) is 5.02 Å². The number of amides is 1. The standard InChI is InChI=1S/C24H29ClN4O2S/c1-15(2)13-29-23(18(5)31-21-9-7-6-8-20(21)25)27-28-24(29)32-14-22(30)26-19-11-16(3)10-17(4)12-19/h6-12,15,18H,13-14H2,1-5H3,(H,26,30). The molecule has 0 saturated carbocycles. The number of anilines is 1. The summed E-state index contributed by atoms with van der Waals surface area (Å²) >= 11 is 7.61. The summed E-state index contributed by atoms with van der Waals surface area (Å²) in [4.78, 5) is 12.5. The Hall–Kier alpha value is -2.51. The zero-order valence-electron chi connectivity index (χ0n) is 19.1. The van der Waals surface area contributed by atoms with Crippen molar-refractivity contribution in [3.8, 4) is 5.75 Å². The zero-order valence-corrected chi connectivity index (χ0v) is 20.6. The number of aromatic nitrogens is 3. The Labute approximate surface area is 198 Å². The molecule has 0 saturated heterocycles. The van der Waals surface area contributed by atoms with Gasteiger partial charge in [-0.15, -0.1) is 10.2 Å². The minimum absolute atomic E-state index is 0.0824. The summed E-state index contributed by atoms with van der Waals surface area (Å²) in [6.45, 7) is 10.9. The Morgan fingerprint density at radius 1 is 1.12 bits per heavy atom. The molecule has 0 bridgehead atoms. The van der Waals surface area contributed by atoms with E-state index in [0.717, 1.165) is 23.4 Å². The lowest BCUT2D eigenvalue weighted by Gasteiger charge is -2.18. The van der Waals surface area contributed by atoms with Crippen molar-refractivity contribution in [2.24, 2.45) is 5.92 Å². The van der Waals surface area contributed by atoms with Crippen molar-refractivity contribution in [3.63, 3.8) is 0 Å². The van der Waals surface area contributed by atoms with Gasteiger partial charge in [-0.2, -0.15) is 0 Å². The number of benzene rings is 2. The first-order valence-corrected chi connectivity index (χ1v) is 11.9. The van der Waals surface area contributed by atoms with Crippen molar-refractivity contribution in [1.82, 2.24) is 14.8 Å². The highest BCUT2D eigenvalue weighted by atomic mass is 35.5. The van der Waals surface area contributed by atoms with Crippen LogP contribution in [0.1, 0.15) is 43.8 Å². The van der Waals surface area contributed by atoms with Crippen LogP contribution in [0.3, 0.4) is 0 Å². The van der Waals surface area contributed by atoms with Gasteiger partial charge < -0.3 is 14.6 Å². The molecule has 8 heteroatoms. The molecule has 1 unspecified atom stereocenters. The molecular formula is C24H29ClN4O2S. The van der Waals surface area contributed by atoms with Crippen LogP contribution in [0.15, 0.2) is 47.6 Å². The first kappa shape index (κ1) is 24.1. The number of nitrogens with one attached hydrogen (secondary N) is 1. The van der Waals surface area contributed by atoms with E-state index < -0.39 is 0 Å². The van der Waals surface area contributed by atoms with E-state index in [2.05, 4.69) is 35.4 Å². The quantitative estimate of drug-likeness (QED) is 0.382. The van der Waals surface area contributed by atoms with E-state index in [0.29, 0.717) is 27.7 Å². The highest BCUT2D eigenvalue weighted by Crippen LogP contribution is 2.30. The summed E-state index contributed by atoms with van der Waals surface area (Å²) in [5, 5.41) is 12.9. The van der Waals surface area contributed by atoms with Crippen molar-refractivity contribution in [2.45, 2.75) is 52.4 Å². The maximum Gasteiger partial charge on any atom is 0.234 e. The van der Waals surface area contributed by atoms with E-state index >= 15 is 0 Å². The molecular weight excluding hydrogens is 444 g/mol. The van der Waals surface area contributed by atoms with Gasteiger partial charge >= 0.3 is 0 Å². The molecule has 6 nitrogen and oxygen atoms in total. The number of carbonyl (C=O) groups is 1. The van der Waals surface area contributed by atoms with Crippen LogP contribution in [-0.2, 0) is 11.3 Å². The fourth-order valence-corrected chi connectivity index (χ4v) is 4.34. The molecule has 3 aromatic rings. The van der Waals surface area contributed by atoms with Crippen LogP contribution in [-0.4, -0.2) is 26.4 Å². The Morgan fingerprint density at radius 2 is 1.81 bits per heavy atom. The van der Waals surface area contributed by atoms with Crippen LogP contribution in [0.5, 0.6) is 5.75 Å². The number of para-hydroxylation sites is 1. The fraction of sp³-hybridized carbons (Fsp3) is 0.375. The van der Waals surface area contributed by atoms with Gasteiger partial charge in [0, 0.05) is 12.2 Å². The van der Waals surface area contributed by atoms with Gasteiger partial charge in [0.25, 0.3) is 0 Å². The predicted octanol–water partition coefficient (Wildman–Crippen LogP) is 6.08.